The van der Waals surface area contributed by atoms with Crippen molar-refractivity contribution in [3.05, 3.63) is 34.3 Å². The monoisotopic (exact) mass is 363 g/mol. The van der Waals surface area contributed by atoms with Crippen LogP contribution in [0.1, 0.15) is 44.1 Å². The molecule has 1 fully saturated rings. The highest BCUT2D eigenvalue weighted by molar-refractivity contribution is 9.10. The summed E-state index contributed by atoms with van der Waals surface area (Å²) in [6.45, 7) is 3.86. The van der Waals surface area contributed by atoms with Gasteiger partial charge in [-0.05, 0) is 48.9 Å². The minimum Gasteiger partial charge on any atom is -0.316 e. The SMILES string of the molecule is CC1(CCCC(F)(F)F)CCNCC1c1ccc(Br)cc1. The highest BCUT2D eigenvalue weighted by atomic mass is 79.9. The van der Waals surface area contributed by atoms with Crippen LogP contribution in [0.25, 0.3) is 0 Å². The van der Waals surface area contributed by atoms with Gasteiger partial charge in [0.1, 0.15) is 0 Å². The smallest absolute Gasteiger partial charge is 0.316 e. The van der Waals surface area contributed by atoms with Crippen LogP contribution < -0.4 is 5.32 Å². The fourth-order valence-corrected chi connectivity index (χ4v) is 3.51. The number of hydrogen-bond acceptors (Lipinski definition) is 1. The lowest BCUT2D eigenvalue weighted by atomic mass is 9.66. The molecule has 2 unspecified atom stereocenters. The van der Waals surface area contributed by atoms with Crippen LogP contribution in [0.4, 0.5) is 13.2 Å². The van der Waals surface area contributed by atoms with Gasteiger partial charge in [0.05, 0.1) is 0 Å². The lowest BCUT2D eigenvalue weighted by molar-refractivity contribution is -0.137. The zero-order chi connectivity index (χ0) is 15.5. The van der Waals surface area contributed by atoms with E-state index < -0.39 is 12.6 Å². The molecule has 1 aliphatic heterocycles. The zero-order valence-corrected chi connectivity index (χ0v) is 13.7. The molecule has 0 saturated carbocycles. The molecule has 0 aliphatic carbocycles. The first-order valence-corrected chi connectivity index (χ1v) is 8.12. The van der Waals surface area contributed by atoms with Crippen molar-refractivity contribution in [3.63, 3.8) is 0 Å². The maximum atomic E-state index is 12.4. The Balaban J connectivity index is 2.08. The fourth-order valence-electron chi connectivity index (χ4n) is 3.25. The average molecular weight is 364 g/mol. The van der Waals surface area contributed by atoms with Gasteiger partial charge in [-0.15, -0.1) is 0 Å². The summed E-state index contributed by atoms with van der Waals surface area (Å²) in [4.78, 5) is 0. The summed E-state index contributed by atoms with van der Waals surface area (Å²) in [6.07, 6.45) is -2.97. The zero-order valence-electron chi connectivity index (χ0n) is 12.1. The second-order valence-electron chi connectivity index (χ2n) is 6.18. The molecule has 1 aromatic rings. The molecule has 1 aliphatic rings. The van der Waals surface area contributed by atoms with Gasteiger partial charge in [0.2, 0.25) is 0 Å². The lowest BCUT2D eigenvalue weighted by Gasteiger charge is -2.42. The number of piperidine rings is 1. The number of halogens is 4. The standard InChI is InChI=1S/C16H21BrF3N/c1-15(7-2-8-16(18,19)20)9-10-21-11-14(15)12-3-5-13(17)6-4-12/h3-6,14,21H,2,7-11H2,1H3. The highest BCUT2D eigenvalue weighted by Gasteiger charge is 2.38. The Labute approximate surface area is 132 Å². The van der Waals surface area contributed by atoms with Crippen LogP contribution in [-0.4, -0.2) is 19.3 Å². The third-order valence-corrected chi connectivity index (χ3v) is 5.07. The molecule has 0 amide bonds. The van der Waals surface area contributed by atoms with Gasteiger partial charge in [0.15, 0.2) is 0 Å². The van der Waals surface area contributed by atoms with Crippen LogP contribution in [0.15, 0.2) is 28.7 Å². The molecule has 0 bridgehead atoms. The molecular formula is C16H21BrF3N. The van der Waals surface area contributed by atoms with Gasteiger partial charge in [0, 0.05) is 23.4 Å². The Morgan fingerprint density at radius 1 is 1.29 bits per heavy atom. The molecule has 0 spiro atoms. The van der Waals surface area contributed by atoms with E-state index in [9.17, 15) is 13.2 Å². The molecule has 118 valence electrons. The number of nitrogens with one attached hydrogen (secondary N) is 1. The van der Waals surface area contributed by atoms with Crippen LogP contribution in [0.3, 0.4) is 0 Å². The summed E-state index contributed by atoms with van der Waals surface area (Å²) in [6, 6.07) is 8.15. The Bertz CT molecular complexity index is 458. The maximum Gasteiger partial charge on any atom is 0.389 e. The molecule has 1 heterocycles. The van der Waals surface area contributed by atoms with E-state index in [-0.39, 0.29) is 17.8 Å². The van der Waals surface area contributed by atoms with E-state index in [1.54, 1.807) is 0 Å². The molecule has 2 rings (SSSR count). The van der Waals surface area contributed by atoms with E-state index in [2.05, 4.69) is 40.3 Å². The van der Waals surface area contributed by atoms with Gasteiger partial charge >= 0.3 is 6.18 Å². The second kappa shape index (κ2) is 6.69. The van der Waals surface area contributed by atoms with Gasteiger partial charge in [-0.3, -0.25) is 0 Å². The molecule has 0 aromatic heterocycles. The van der Waals surface area contributed by atoms with E-state index in [4.69, 9.17) is 0 Å². The molecule has 1 N–H and O–H groups in total. The average Bonchev–Trinajstić information content (AvgIpc) is 2.39. The van der Waals surface area contributed by atoms with Crippen LogP contribution in [0.2, 0.25) is 0 Å². The first-order chi connectivity index (χ1) is 9.80. The van der Waals surface area contributed by atoms with Crippen molar-refractivity contribution in [1.82, 2.24) is 5.32 Å². The minimum atomic E-state index is -4.05. The minimum absolute atomic E-state index is 0.0651. The summed E-state index contributed by atoms with van der Waals surface area (Å²) in [5, 5.41) is 3.38. The Morgan fingerprint density at radius 2 is 1.95 bits per heavy atom. The molecule has 1 aromatic carbocycles. The fraction of sp³-hybridized carbons (Fsp3) is 0.625. The quantitative estimate of drug-likeness (QED) is 0.768. The van der Waals surface area contributed by atoms with Crippen molar-refractivity contribution < 1.29 is 13.2 Å². The topological polar surface area (TPSA) is 12.0 Å². The van der Waals surface area contributed by atoms with Crippen molar-refractivity contribution >= 4 is 15.9 Å². The molecule has 1 saturated heterocycles. The van der Waals surface area contributed by atoms with Crippen LogP contribution in [0.5, 0.6) is 0 Å². The van der Waals surface area contributed by atoms with Crippen LogP contribution in [0, 0.1) is 5.41 Å². The van der Waals surface area contributed by atoms with Crippen molar-refractivity contribution in [2.45, 2.75) is 44.7 Å². The molecule has 5 heteroatoms. The predicted molar refractivity (Wildman–Crippen MR) is 82.4 cm³/mol. The van der Waals surface area contributed by atoms with Crippen LogP contribution >= 0.6 is 15.9 Å². The first kappa shape index (κ1) is 16.8. The Kier molecular flexibility index (Phi) is 5.36. The Morgan fingerprint density at radius 3 is 2.57 bits per heavy atom. The number of rotatable bonds is 4. The van der Waals surface area contributed by atoms with Crippen molar-refractivity contribution in [3.8, 4) is 0 Å². The summed E-state index contributed by atoms with van der Waals surface area (Å²) in [7, 11) is 0. The highest BCUT2D eigenvalue weighted by Crippen LogP contribution is 2.45. The van der Waals surface area contributed by atoms with Gasteiger partial charge in [0.25, 0.3) is 0 Å². The van der Waals surface area contributed by atoms with E-state index in [1.165, 1.54) is 5.56 Å². The third kappa shape index (κ3) is 4.71. The first-order valence-electron chi connectivity index (χ1n) is 7.33. The van der Waals surface area contributed by atoms with Crippen molar-refractivity contribution in [2.75, 3.05) is 13.1 Å². The summed E-state index contributed by atoms with van der Waals surface area (Å²) in [5.41, 5.74) is 1.14. The van der Waals surface area contributed by atoms with E-state index >= 15 is 0 Å². The van der Waals surface area contributed by atoms with Crippen LogP contribution in [-0.2, 0) is 0 Å². The van der Waals surface area contributed by atoms with E-state index in [0.29, 0.717) is 6.42 Å². The summed E-state index contributed by atoms with van der Waals surface area (Å²) in [5.74, 6) is 0.271. The number of benzene rings is 1. The normalized spacial score (nSPS) is 26.8. The van der Waals surface area contributed by atoms with Crippen molar-refractivity contribution in [1.29, 1.82) is 0 Å². The number of alkyl halides is 3. The third-order valence-electron chi connectivity index (χ3n) is 4.54. The summed E-state index contributed by atoms with van der Waals surface area (Å²) < 4.78 is 38.2. The van der Waals surface area contributed by atoms with Gasteiger partial charge < -0.3 is 5.32 Å². The second-order valence-corrected chi connectivity index (χ2v) is 7.10. The molecule has 21 heavy (non-hydrogen) atoms. The molecule has 0 radical (unpaired) electrons. The largest absolute Gasteiger partial charge is 0.389 e. The van der Waals surface area contributed by atoms with E-state index in [1.807, 2.05) is 12.1 Å². The summed E-state index contributed by atoms with van der Waals surface area (Å²) >= 11 is 3.42. The molecule has 1 nitrogen and oxygen atoms in total. The maximum absolute atomic E-state index is 12.4. The van der Waals surface area contributed by atoms with Gasteiger partial charge in [-0.2, -0.15) is 13.2 Å². The molecular weight excluding hydrogens is 343 g/mol. The van der Waals surface area contributed by atoms with Gasteiger partial charge in [-0.25, -0.2) is 0 Å². The van der Waals surface area contributed by atoms with E-state index in [0.717, 1.165) is 24.0 Å². The molecule has 2 atom stereocenters. The predicted octanol–water partition coefficient (Wildman–Crippen LogP) is 5.26. The Hall–Kier alpha value is -0.550. The van der Waals surface area contributed by atoms with Crippen molar-refractivity contribution in [2.24, 2.45) is 5.41 Å². The lowest BCUT2D eigenvalue weighted by Crippen LogP contribution is -2.42. The number of hydrogen-bond donors (Lipinski definition) is 1. The van der Waals surface area contributed by atoms with Gasteiger partial charge in [-0.1, -0.05) is 35.0 Å².